The number of amides is 1. The highest BCUT2D eigenvalue weighted by molar-refractivity contribution is 5.90. The number of nitrogens with one attached hydrogen (secondary N) is 1. The van der Waals surface area contributed by atoms with Gasteiger partial charge in [-0.2, -0.15) is 0 Å². The van der Waals surface area contributed by atoms with E-state index in [1.165, 1.54) is 6.20 Å². The van der Waals surface area contributed by atoms with E-state index >= 15 is 0 Å². The minimum Gasteiger partial charge on any atom is -0.481 e. The maximum absolute atomic E-state index is 11.6. The van der Waals surface area contributed by atoms with Gasteiger partial charge < -0.3 is 16.2 Å². The highest BCUT2D eigenvalue weighted by Crippen LogP contribution is 2.08. The van der Waals surface area contributed by atoms with Crippen LogP contribution in [-0.4, -0.2) is 28.0 Å². The van der Waals surface area contributed by atoms with Crippen LogP contribution in [0.3, 0.4) is 0 Å². The van der Waals surface area contributed by atoms with Gasteiger partial charge in [0.1, 0.15) is 0 Å². The Labute approximate surface area is 112 Å². The molecule has 0 aliphatic carbocycles. The smallest absolute Gasteiger partial charge is 0.309 e. The van der Waals surface area contributed by atoms with Crippen molar-refractivity contribution in [3.8, 4) is 0 Å². The Balaban J connectivity index is 2.40. The van der Waals surface area contributed by atoms with Gasteiger partial charge in [-0.3, -0.25) is 14.6 Å². The van der Waals surface area contributed by atoms with Crippen molar-refractivity contribution >= 4 is 17.6 Å². The van der Waals surface area contributed by atoms with Gasteiger partial charge in [0, 0.05) is 12.5 Å². The number of nitrogens with zero attached hydrogens (tertiary/aromatic N) is 1. The number of rotatable bonds is 7. The Morgan fingerprint density at radius 2 is 2.21 bits per heavy atom. The number of pyridine rings is 1. The van der Waals surface area contributed by atoms with Crippen LogP contribution in [-0.2, 0) is 16.0 Å². The Bertz CT molecular complexity index is 429. The van der Waals surface area contributed by atoms with Gasteiger partial charge in [-0.1, -0.05) is 0 Å². The molecule has 0 fully saturated rings. The lowest BCUT2D eigenvalue weighted by Crippen LogP contribution is -2.17. The summed E-state index contributed by atoms with van der Waals surface area (Å²) in [7, 11) is 0. The van der Waals surface area contributed by atoms with Gasteiger partial charge in [-0.25, -0.2) is 0 Å². The van der Waals surface area contributed by atoms with E-state index in [4.69, 9.17) is 10.8 Å². The molecule has 0 aromatic carbocycles. The van der Waals surface area contributed by atoms with Crippen molar-refractivity contribution in [3.05, 3.63) is 24.0 Å². The van der Waals surface area contributed by atoms with Crippen LogP contribution >= 0.6 is 0 Å². The third kappa shape index (κ3) is 6.52. The van der Waals surface area contributed by atoms with Crippen LogP contribution in [0.15, 0.2) is 18.3 Å². The molecule has 6 nitrogen and oxygen atoms in total. The summed E-state index contributed by atoms with van der Waals surface area (Å²) in [6.07, 6.45) is 3.31. The monoisotopic (exact) mass is 265 g/mol. The maximum Gasteiger partial charge on any atom is 0.309 e. The van der Waals surface area contributed by atoms with Gasteiger partial charge in [0.2, 0.25) is 5.91 Å². The fourth-order valence-corrected chi connectivity index (χ4v) is 1.57. The molecule has 0 aliphatic heterocycles. The molecule has 1 atom stereocenters. The second kappa shape index (κ2) is 7.48. The lowest BCUT2D eigenvalue weighted by Gasteiger charge is -2.06. The molecule has 0 bridgehead atoms. The van der Waals surface area contributed by atoms with Crippen molar-refractivity contribution in [1.29, 1.82) is 0 Å². The maximum atomic E-state index is 11.6. The van der Waals surface area contributed by atoms with Crippen LogP contribution in [0.5, 0.6) is 0 Å². The van der Waals surface area contributed by atoms with Gasteiger partial charge in [-0.05, 0) is 31.9 Å². The highest BCUT2D eigenvalue weighted by Gasteiger charge is 2.05. The molecule has 104 valence electrons. The van der Waals surface area contributed by atoms with Crippen molar-refractivity contribution in [2.45, 2.75) is 38.6 Å². The molecule has 0 saturated carbocycles. The fourth-order valence-electron chi connectivity index (χ4n) is 1.57. The third-order valence-corrected chi connectivity index (χ3v) is 2.50. The first kappa shape index (κ1) is 15.1. The van der Waals surface area contributed by atoms with Crippen molar-refractivity contribution in [2.75, 3.05) is 5.32 Å². The number of hydrogen-bond donors (Lipinski definition) is 3. The summed E-state index contributed by atoms with van der Waals surface area (Å²) < 4.78 is 0. The molecule has 6 heteroatoms. The van der Waals surface area contributed by atoms with E-state index in [9.17, 15) is 9.59 Å². The molecule has 0 spiro atoms. The van der Waals surface area contributed by atoms with Crippen LogP contribution in [0.1, 0.15) is 31.9 Å². The quantitative estimate of drug-likeness (QED) is 0.686. The second-order valence-corrected chi connectivity index (χ2v) is 4.53. The van der Waals surface area contributed by atoms with E-state index in [2.05, 4.69) is 10.3 Å². The molecule has 1 aromatic rings. The molecule has 1 heterocycles. The molecule has 1 rings (SSSR count). The molecule has 0 saturated heterocycles. The van der Waals surface area contributed by atoms with Crippen LogP contribution in [0.4, 0.5) is 5.69 Å². The van der Waals surface area contributed by atoms with Gasteiger partial charge in [-0.15, -0.1) is 0 Å². The zero-order chi connectivity index (χ0) is 14.3. The standard InChI is InChI=1S/C13H19N3O3/c1-9(14)3-2-4-12(17)16-11-6-5-10(15-8-11)7-13(18)19/h5-6,8-9H,2-4,7,14H2,1H3,(H,16,17)(H,18,19). The number of carboxylic acid groups (broad SMARTS) is 1. The molecule has 0 aliphatic rings. The molecule has 1 aromatic heterocycles. The first-order valence-electron chi connectivity index (χ1n) is 6.19. The molecule has 1 unspecified atom stereocenters. The van der Waals surface area contributed by atoms with Crippen LogP contribution in [0, 0.1) is 0 Å². The summed E-state index contributed by atoms with van der Waals surface area (Å²) in [4.78, 5) is 26.0. The minimum absolute atomic E-state index is 0.0894. The number of anilines is 1. The molecular weight excluding hydrogens is 246 g/mol. The summed E-state index contributed by atoms with van der Waals surface area (Å²) in [5.41, 5.74) is 6.63. The van der Waals surface area contributed by atoms with Crippen LogP contribution in [0.25, 0.3) is 0 Å². The molecule has 4 N–H and O–H groups in total. The summed E-state index contributed by atoms with van der Waals surface area (Å²) in [6, 6.07) is 3.34. The number of hydrogen-bond acceptors (Lipinski definition) is 4. The van der Waals surface area contributed by atoms with Crippen LogP contribution in [0.2, 0.25) is 0 Å². The fraction of sp³-hybridized carbons (Fsp3) is 0.462. The molecule has 19 heavy (non-hydrogen) atoms. The predicted octanol–water partition coefficient (Wildman–Crippen LogP) is 1.16. The summed E-state index contributed by atoms with van der Waals surface area (Å²) in [5, 5.41) is 11.3. The van der Waals surface area contributed by atoms with Crippen LogP contribution < -0.4 is 11.1 Å². The predicted molar refractivity (Wildman–Crippen MR) is 71.7 cm³/mol. The Morgan fingerprint density at radius 1 is 1.47 bits per heavy atom. The SMILES string of the molecule is CC(N)CCCC(=O)Nc1ccc(CC(=O)O)nc1. The first-order valence-corrected chi connectivity index (χ1v) is 6.19. The lowest BCUT2D eigenvalue weighted by molar-refractivity contribution is -0.136. The average molecular weight is 265 g/mol. The third-order valence-electron chi connectivity index (χ3n) is 2.50. The van der Waals surface area contributed by atoms with Gasteiger partial charge in [0.15, 0.2) is 0 Å². The van der Waals surface area contributed by atoms with Crippen molar-refractivity contribution in [1.82, 2.24) is 4.98 Å². The minimum atomic E-state index is -0.930. The van der Waals surface area contributed by atoms with Gasteiger partial charge >= 0.3 is 5.97 Å². The van der Waals surface area contributed by atoms with Crippen molar-refractivity contribution in [3.63, 3.8) is 0 Å². The van der Waals surface area contributed by atoms with E-state index in [1.807, 2.05) is 6.92 Å². The topological polar surface area (TPSA) is 105 Å². The number of carbonyl (C=O) groups is 2. The zero-order valence-corrected chi connectivity index (χ0v) is 10.9. The first-order chi connectivity index (χ1) is 8.97. The number of carbonyl (C=O) groups excluding carboxylic acids is 1. The number of aliphatic carboxylic acids is 1. The summed E-state index contributed by atoms with van der Waals surface area (Å²) >= 11 is 0. The Morgan fingerprint density at radius 3 is 2.74 bits per heavy atom. The van der Waals surface area contributed by atoms with Gasteiger partial charge in [0.25, 0.3) is 0 Å². The van der Waals surface area contributed by atoms with Crippen molar-refractivity contribution in [2.24, 2.45) is 5.73 Å². The average Bonchev–Trinajstić information content (AvgIpc) is 2.30. The summed E-state index contributed by atoms with van der Waals surface area (Å²) in [5.74, 6) is -1.02. The van der Waals surface area contributed by atoms with E-state index < -0.39 is 5.97 Å². The Kier molecular flexibility index (Phi) is 5.95. The lowest BCUT2D eigenvalue weighted by atomic mass is 10.1. The Hall–Kier alpha value is -1.95. The number of nitrogens with two attached hydrogens (primary N) is 1. The number of aromatic nitrogens is 1. The van der Waals surface area contributed by atoms with E-state index in [1.54, 1.807) is 12.1 Å². The van der Waals surface area contributed by atoms with Crippen molar-refractivity contribution < 1.29 is 14.7 Å². The van der Waals surface area contributed by atoms with E-state index in [0.29, 0.717) is 17.8 Å². The number of carboxylic acids is 1. The largest absolute Gasteiger partial charge is 0.481 e. The van der Waals surface area contributed by atoms with E-state index in [-0.39, 0.29) is 18.4 Å². The molecule has 0 radical (unpaired) electrons. The normalized spacial score (nSPS) is 11.9. The molecular formula is C13H19N3O3. The summed E-state index contributed by atoms with van der Waals surface area (Å²) in [6.45, 7) is 1.91. The highest BCUT2D eigenvalue weighted by atomic mass is 16.4. The molecule has 1 amide bonds. The zero-order valence-electron chi connectivity index (χ0n) is 10.9. The van der Waals surface area contributed by atoms with Gasteiger partial charge in [0.05, 0.1) is 24.0 Å². The second-order valence-electron chi connectivity index (χ2n) is 4.53. The van der Waals surface area contributed by atoms with E-state index in [0.717, 1.165) is 12.8 Å².